The Morgan fingerprint density at radius 2 is 1.48 bits per heavy atom. The normalized spacial score (nSPS) is 12.7. The first-order valence-corrected chi connectivity index (χ1v) is 8.54. The average Bonchev–Trinajstić information content (AvgIpc) is 2.44. The van der Waals surface area contributed by atoms with Gasteiger partial charge in [0.15, 0.2) is 0 Å². The van der Waals surface area contributed by atoms with E-state index in [0.717, 1.165) is 0 Å². The van der Waals surface area contributed by atoms with E-state index in [1.807, 2.05) is 0 Å². The van der Waals surface area contributed by atoms with Gasteiger partial charge in [-0.1, -0.05) is 12.1 Å². The number of nitrogens with two attached hydrogens (primary N) is 1. The van der Waals surface area contributed by atoms with Gasteiger partial charge in [-0.25, -0.2) is 9.59 Å². The van der Waals surface area contributed by atoms with Crippen LogP contribution in [0.2, 0.25) is 0 Å². The summed E-state index contributed by atoms with van der Waals surface area (Å²) in [4.78, 5) is 35.1. The quantitative estimate of drug-likeness (QED) is 0.599. The van der Waals surface area contributed by atoms with Crippen LogP contribution >= 0.6 is 0 Å². The van der Waals surface area contributed by atoms with Crippen molar-refractivity contribution < 1.29 is 28.6 Å². The lowest BCUT2D eigenvalue weighted by atomic mass is 10.1. The second-order valence-electron chi connectivity index (χ2n) is 8.02. The highest BCUT2D eigenvalue weighted by Crippen LogP contribution is 2.16. The van der Waals surface area contributed by atoms with E-state index in [2.05, 4.69) is 5.32 Å². The Bertz CT molecular complexity index is 671. The van der Waals surface area contributed by atoms with Crippen LogP contribution in [0.1, 0.15) is 47.1 Å². The molecule has 0 radical (unpaired) electrons. The van der Waals surface area contributed by atoms with Crippen LogP contribution in [0.4, 0.5) is 9.59 Å². The fourth-order valence-electron chi connectivity index (χ4n) is 1.97. The minimum atomic E-state index is -0.933. The summed E-state index contributed by atoms with van der Waals surface area (Å²) in [6, 6.07) is 5.51. The molecule has 150 valence electrons. The Kier molecular flexibility index (Phi) is 7.21. The summed E-state index contributed by atoms with van der Waals surface area (Å²) in [7, 11) is 0. The molecule has 0 aliphatic heterocycles. The van der Waals surface area contributed by atoms with Crippen LogP contribution in [0, 0.1) is 0 Å². The molecule has 0 saturated heterocycles. The summed E-state index contributed by atoms with van der Waals surface area (Å²) in [5, 5.41) is 2.45. The number of benzene rings is 1. The molecular weight excluding hydrogens is 352 g/mol. The summed E-state index contributed by atoms with van der Waals surface area (Å²) in [6.07, 6.45) is -1.37. The fourth-order valence-corrected chi connectivity index (χ4v) is 1.97. The lowest BCUT2D eigenvalue weighted by molar-refractivity contribution is -0.120. The van der Waals surface area contributed by atoms with Crippen LogP contribution in [-0.2, 0) is 20.7 Å². The highest BCUT2D eigenvalue weighted by molar-refractivity contribution is 5.84. The van der Waals surface area contributed by atoms with Gasteiger partial charge in [0, 0.05) is 6.42 Å². The van der Waals surface area contributed by atoms with E-state index in [1.54, 1.807) is 65.8 Å². The molecule has 8 heteroatoms. The van der Waals surface area contributed by atoms with Gasteiger partial charge in [-0.2, -0.15) is 0 Å². The smallest absolute Gasteiger partial charge is 0.444 e. The second-order valence-corrected chi connectivity index (χ2v) is 8.02. The highest BCUT2D eigenvalue weighted by atomic mass is 16.7. The lowest BCUT2D eigenvalue weighted by Gasteiger charge is -2.22. The topological polar surface area (TPSA) is 117 Å². The summed E-state index contributed by atoms with van der Waals surface area (Å²) in [5.74, 6) is -0.390. The zero-order valence-corrected chi connectivity index (χ0v) is 16.6. The number of rotatable bonds is 5. The van der Waals surface area contributed by atoms with Gasteiger partial charge in [-0.15, -0.1) is 0 Å². The van der Waals surface area contributed by atoms with E-state index < -0.39 is 35.4 Å². The van der Waals surface area contributed by atoms with E-state index in [1.165, 1.54) is 0 Å². The van der Waals surface area contributed by atoms with Crippen LogP contribution in [0.15, 0.2) is 24.3 Å². The van der Waals surface area contributed by atoms with Gasteiger partial charge in [0.05, 0.1) is 0 Å². The van der Waals surface area contributed by atoms with E-state index >= 15 is 0 Å². The van der Waals surface area contributed by atoms with E-state index in [9.17, 15) is 14.4 Å². The third-order valence-electron chi connectivity index (χ3n) is 2.99. The fraction of sp³-hybridized carbons (Fsp3) is 0.526. The third-order valence-corrected chi connectivity index (χ3v) is 2.99. The minimum absolute atomic E-state index is 0.168. The number of alkyl carbamates (subject to hydrolysis) is 1. The lowest BCUT2D eigenvalue weighted by Crippen LogP contribution is -2.47. The van der Waals surface area contributed by atoms with Crippen molar-refractivity contribution >= 4 is 18.2 Å². The van der Waals surface area contributed by atoms with Crippen molar-refractivity contribution in [2.24, 2.45) is 5.73 Å². The molecule has 1 unspecified atom stereocenters. The van der Waals surface area contributed by atoms with Crippen molar-refractivity contribution in [1.29, 1.82) is 0 Å². The molecule has 0 heterocycles. The Balaban J connectivity index is 2.69. The molecule has 0 saturated carbocycles. The number of nitrogens with one attached hydrogen (secondary N) is 1. The van der Waals surface area contributed by atoms with Crippen LogP contribution in [0.3, 0.4) is 0 Å². The number of carbonyl (C=O) groups excluding carboxylic acids is 3. The number of amides is 2. The van der Waals surface area contributed by atoms with E-state index in [4.69, 9.17) is 19.9 Å². The van der Waals surface area contributed by atoms with Gasteiger partial charge >= 0.3 is 12.2 Å². The molecule has 0 spiro atoms. The third kappa shape index (κ3) is 9.48. The SMILES string of the molecule is CC(C)(C)OC(=O)NC(Cc1ccc(OC(=O)OC(C)(C)C)cc1)C(N)=O. The highest BCUT2D eigenvalue weighted by Gasteiger charge is 2.23. The first-order chi connectivity index (χ1) is 12.2. The maximum atomic E-state index is 11.8. The molecule has 8 nitrogen and oxygen atoms in total. The van der Waals surface area contributed by atoms with E-state index in [0.29, 0.717) is 11.3 Å². The summed E-state index contributed by atoms with van der Waals surface area (Å²) in [5.41, 5.74) is 4.73. The molecule has 0 aliphatic carbocycles. The Morgan fingerprint density at radius 1 is 0.963 bits per heavy atom. The number of primary amides is 1. The van der Waals surface area contributed by atoms with Crippen molar-refractivity contribution in [2.45, 2.75) is 65.2 Å². The maximum Gasteiger partial charge on any atom is 0.514 e. The van der Waals surface area contributed by atoms with Crippen molar-refractivity contribution in [1.82, 2.24) is 5.32 Å². The maximum absolute atomic E-state index is 11.8. The molecule has 0 aliphatic rings. The van der Waals surface area contributed by atoms with Gasteiger partial charge in [0.25, 0.3) is 0 Å². The molecule has 1 aromatic rings. The average molecular weight is 380 g/mol. The Hall–Kier alpha value is -2.77. The standard InChI is InChI=1S/C19H28N2O6/c1-18(2,3)26-16(23)21-14(15(20)22)11-12-7-9-13(10-8-12)25-17(24)27-19(4,5)6/h7-10,14H,11H2,1-6H3,(H2,20,22)(H,21,23). The predicted octanol–water partition coefficient (Wildman–Crippen LogP) is 2.92. The summed E-state index contributed by atoms with van der Waals surface area (Å²) < 4.78 is 15.3. The van der Waals surface area contributed by atoms with Crippen molar-refractivity contribution in [3.05, 3.63) is 29.8 Å². The minimum Gasteiger partial charge on any atom is -0.444 e. The molecule has 0 bridgehead atoms. The molecule has 27 heavy (non-hydrogen) atoms. The van der Waals surface area contributed by atoms with Crippen LogP contribution in [0.5, 0.6) is 5.75 Å². The first kappa shape index (κ1) is 22.3. The van der Waals surface area contributed by atoms with Crippen LogP contribution in [-0.4, -0.2) is 35.4 Å². The van der Waals surface area contributed by atoms with E-state index in [-0.39, 0.29) is 6.42 Å². The molecule has 2 amide bonds. The van der Waals surface area contributed by atoms with Crippen LogP contribution in [0.25, 0.3) is 0 Å². The zero-order chi connectivity index (χ0) is 20.8. The van der Waals surface area contributed by atoms with Crippen molar-refractivity contribution in [3.63, 3.8) is 0 Å². The Morgan fingerprint density at radius 3 is 1.93 bits per heavy atom. The van der Waals surface area contributed by atoms with Crippen LogP contribution < -0.4 is 15.8 Å². The molecular formula is C19H28N2O6. The second kappa shape index (κ2) is 8.75. The monoisotopic (exact) mass is 380 g/mol. The number of hydrogen-bond donors (Lipinski definition) is 2. The number of hydrogen-bond acceptors (Lipinski definition) is 6. The predicted molar refractivity (Wildman–Crippen MR) is 99.4 cm³/mol. The number of ether oxygens (including phenoxy) is 3. The molecule has 0 fully saturated rings. The molecule has 1 atom stereocenters. The number of carbonyl (C=O) groups is 3. The summed E-state index contributed by atoms with van der Waals surface area (Å²) in [6.45, 7) is 10.4. The van der Waals surface area contributed by atoms with Gasteiger partial charge in [-0.05, 0) is 59.2 Å². The van der Waals surface area contributed by atoms with Gasteiger partial charge < -0.3 is 25.3 Å². The van der Waals surface area contributed by atoms with Gasteiger partial charge in [0.1, 0.15) is 23.0 Å². The first-order valence-electron chi connectivity index (χ1n) is 8.54. The largest absolute Gasteiger partial charge is 0.514 e. The molecule has 3 N–H and O–H groups in total. The summed E-state index contributed by atoms with van der Waals surface area (Å²) >= 11 is 0. The van der Waals surface area contributed by atoms with Gasteiger partial charge in [-0.3, -0.25) is 4.79 Å². The van der Waals surface area contributed by atoms with Gasteiger partial charge in [0.2, 0.25) is 5.91 Å². The zero-order valence-electron chi connectivity index (χ0n) is 16.6. The Labute approximate surface area is 159 Å². The van der Waals surface area contributed by atoms with Crippen molar-refractivity contribution in [2.75, 3.05) is 0 Å². The molecule has 1 rings (SSSR count). The molecule has 1 aromatic carbocycles. The van der Waals surface area contributed by atoms with Crippen molar-refractivity contribution in [3.8, 4) is 5.75 Å². The molecule has 0 aromatic heterocycles.